The highest BCUT2D eigenvalue weighted by Crippen LogP contribution is 2.29. The molecule has 0 saturated carbocycles. The van der Waals surface area contributed by atoms with Crippen LogP contribution in [-0.2, 0) is 16.6 Å². The van der Waals surface area contributed by atoms with E-state index in [1.54, 1.807) is 12.1 Å². The van der Waals surface area contributed by atoms with E-state index in [4.69, 9.17) is 0 Å². The van der Waals surface area contributed by atoms with E-state index in [2.05, 4.69) is 10.0 Å². The van der Waals surface area contributed by atoms with Gasteiger partial charge in [-0.3, -0.25) is 4.72 Å². The average Bonchev–Trinajstić information content (AvgIpc) is 2.94. The lowest BCUT2D eigenvalue weighted by atomic mass is 10.3. The van der Waals surface area contributed by atoms with E-state index >= 15 is 0 Å². The van der Waals surface area contributed by atoms with Crippen molar-refractivity contribution in [3.05, 3.63) is 40.6 Å². The van der Waals surface area contributed by atoms with Crippen LogP contribution in [0.2, 0.25) is 0 Å². The molecule has 2 N–H and O–H groups in total. The number of nitrogens with one attached hydrogen (secondary N) is 2. The van der Waals surface area contributed by atoms with E-state index in [0.29, 0.717) is 17.1 Å². The van der Waals surface area contributed by atoms with Gasteiger partial charge >= 0.3 is 0 Å². The van der Waals surface area contributed by atoms with Crippen molar-refractivity contribution in [2.24, 2.45) is 0 Å². The van der Waals surface area contributed by atoms with Crippen LogP contribution in [0.3, 0.4) is 0 Å². The van der Waals surface area contributed by atoms with Gasteiger partial charge in [-0.1, -0.05) is 19.1 Å². The molecule has 0 atom stereocenters. The van der Waals surface area contributed by atoms with Crippen LogP contribution in [0.5, 0.6) is 0 Å². The van der Waals surface area contributed by atoms with Crippen LogP contribution in [0, 0.1) is 0 Å². The van der Waals surface area contributed by atoms with Gasteiger partial charge in [-0.2, -0.15) is 0 Å². The lowest BCUT2D eigenvalue weighted by molar-refractivity contribution is 0.599. The first-order valence-electron chi connectivity index (χ1n) is 6.51. The molecule has 21 heavy (non-hydrogen) atoms. The summed E-state index contributed by atoms with van der Waals surface area (Å²) in [6.45, 7) is 3.36. The molecule has 0 saturated heterocycles. The average molecular weight is 343 g/mol. The van der Waals surface area contributed by atoms with Gasteiger partial charge in [-0.25, -0.2) is 8.42 Å². The molecule has 0 fully saturated rings. The summed E-state index contributed by atoms with van der Waals surface area (Å²) < 4.78 is 27.8. The summed E-state index contributed by atoms with van der Waals surface area (Å²) in [6.07, 6.45) is 1.92. The first-order chi connectivity index (χ1) is 10.1. The molecule has 1 aromatic carbocycles. The summed E-state index contributed by atoms with van der Waals surface area (Å²) in [5, 5.41) is 4.97. The van der Waals surface area contributed by atoms with Crippen molar-refractivity contribution in [3.63, 3.8) is 0 Å². The summed E-state index contributed by atoms with van der Waals surface area (Å²) in [5.74, 6) is 0. The van der Waals surface area contributed by atoms with E-state index in [9.17, 15) is 8.42 Å². The van der Waals surface area contributed by atoms with Crippen molar-refractivity contribution in [1.29, 1.82) is 0 Å². The fourth-order valence-corrected chi connectivity index (χ4v) is 4.98. The fourth-order valence-electron chi connectivity index (χ4n) is 1.86. The van der Waals surface area contributed by atoms with Crippen LogP contribution >= 0.6 is 23.1 Å². The zero-order chi connectivity index (χ0) is 15.3. The maximum Gasteiger partial charge on any atom is 0.263 e. The van der Waals surface area contributed by atoms with Gasteiger partial charge in [-0.15, -0.1) is 23.1 Å². The van der Waals surface area contributed by atoms with Crippen LogP contribution in [0.25, 0.3) is 0 Å². The highest BCUT2D eigenvalue weighted by molar-refractivity contribution is 7.99. The topological polar surface area (TPSA) is 58.2 Å². The Morgan fingerprint density at radius 3 is 2.71 bits per heavy atom. The zero-order valence-electron chi connectivity index (χ0n) is 11.9. The van der Waals surface area contributed by atoms with Crippen LogP contribution in [-0.4, -0.2) is 21.2 Å². The minimum Gasteiger partial charge on any atom is -0.312 e. The predicted molar refractivity (Wildman–Crippen MR) is 90.7 cm³/mol. The second-order valence-corrected chi connectivity index (χ2v) is 7.79. The summed E-state index contributed by atoms with van der Waals surface area (Å²) in [6, 6.07) is 9.05. The van der Waals surface area contributed by atoms with Gasteiger partial charge in [-0.05, 0) is 36.4 Å². The standard InChI is InChI=1S/C14H18N2O2S3/c1-3-15-10-13-14(8-9-20-13)21(17,18)16-11-6-4-5-7-12(11)19-2/h4-9,15-16H,3,10H2,1-2H3. The van der Waals surface area contributed by atoms with Gasteiger partial charge < -0.3 is 5.32 Å². The first kappa shape index (κ1) is 16.4. The van der Waals surface area contributed by atoms with Gasteiger partial charge in [0.15, 0.2) is 0 Å². The number of sulfonamides is 1. The van der Waals surface area contributed by atoms with E-state index < -0.39 is 10.0 Å². The Morgan fingerprint density at radius 2 is 2.00 bits per heavy atom. The molecule has 0 aliphatic rings. The summed E-state index contributed by atoms with van der Waals surface area (Å²) in [7, 11) is -3.56. The van der Waals surface area contributed by atoms with Gasteiger partial charge in [0, 0.05) is 16.3 Å². The maximum absolute atomic E-state index is 12.6. The third kappa shape index (κ3) is 4.00. The van der Waals surface area contributed by atoms with Crippen LogP contribution in [0.15, 0.2) is 45.5 Å². The molecule has 2 aromatic rings. The van der Waals surface area contributed by atoms with Crippen molar-refractivity contribution in [3.8, 4) is 0 Å². The predicted octanol–water partition coefficient (Wildman–Crippen LogP) is 3.38. The SMILES string of the molecule is CCNCc1sccc1S(=O)(=O)Nc1ccccc1SC. The second-order valence-electron chi connectivity index (χ2n) is 4.29. The van der Waals surface area contributed by atoms with Crippen molar-refractivity contribution in [2.45, 2.75) is 23.3 Å². The number of anilines is 1. The largest absolute Gasteiger partial charge is 0.312 e. The molecular formula is C14H18N2O2S3. The highest BCUT2D eigenvalue weighted by atomic mass is 32.2. The Bertz CT molecular complexity index is 696. The number of hydrogen-bond donors (Lipinski definition) is 2. The molecule has 0 radical (unpaired) electrons. The molecule has 1 aromatic heterocycles. The molecule has 1 heterocycles. The molecule has 114 valence electrons. The Morgan fingerprint density at radius 1 is 1.24 bits per heavy atom. The Hall–Kier alpha value is -1.02. The molecule has 0 unspecified atom stereocenters. The van der Waals surface area contributed by atoms with Crippen molar-refractivity contribution >= 4 is 38.8 Å². The van der Waals surface area contributed by atoms with Crippen molar-refractivity contribution in [2.75, 3.05) is 17.5 Å². The minimum absolute atomic E-state index is 0.351. The monoisotopic (exact) mass is 342 g/mol. The third-order valence-corrected chi connectivity index (χ3v) is 6.18. The normalized spacial score (nSPS) is 11.5. The first-order valence-corrected chi connectivity index (χ1v) is 10.1. The van der Waals surface area contributed by atoms with E-state index in [1.807, 2.05) is 36.8 Å². The second kappa shape index (κ2) is 7.31. The van der Waals surface area contributed by atoms with Crippen LogP contribution in [0.4, 0.5) is 5.69 Å². The lowest BCUT2D eigenvalue weighted by Crippen LogP contribution is -2.17. The van der Waals surface area contributed by atoms with Gasteiger partial charge in [0.05, 0.1) is 5.69 Å². The molecule has 7 heteroatoms. The Labute approximate surface area is 134 Å². The van der Waals surface area contributed by atoms with Crippen LogP contribution < -0.4 is 10.0 Å². The molecule has 2 rings (SSSR count). The number of para-hydroxylation sites is 1. The van der Waals surface area contributed by atoms with Gasteiger partial charge in [0.1, 0.15) is 4.90 Å². The molecule has 0 bridgehead atoms. The highest BCUT2D eigenvalue weighted by Gasteiger charge is 2.20. The maximum atomic E-state index is 12.6. The Kier molecular flexibility index (Phi) is 5.69. The number of rotatable bonds is 7. The quantitative estimate of drug-likeness (QED) is 0.757. The molecular weight excluding hydrogens is 324 g/mol. The number of benzene rings is 1. The van der Waals surface area contributed by atoms with Gasteiger partial charge in [0.25, 0.3) is 10.0 Å². The lowest BCUT2D eigenvalue weighted by Gasteiger charge is -2.11. The van der Waals surface area contributed by atoms with Gasteiger partial charge in [0.2, 0.25) is 0 Å². The Balaban J connectivity index is 2.28. The van der Waals surface area contributed by atoms with Crippen molar-refractivity contribution in [1.82, 2.24) is 5.32 Å². The number of hydrogen-bond acceptors (Lipinski definition) is 5. The minimum atomic E-state index is -3.56. The number of thiophene rings is 1. The third-order valence-electron chi connectivity index (χ3n) is 2.88. The molecule has 0 aliphatic heterocycles. The smallest absolute Gasteiger partial charge is 0.263 e. The summed E-state index contributed by atoms with van der Waals surface area (Å²) in [4.78, 5) is 2.08. The van der Waals surface area contributed by atoms with E-state index in [0.717, 1.165) is 16.3 Å². The molecule has 0 spiro atoms. The molecule has 4 nitrogen and oxygen atoms in total. The summed E-state index contributed by atoms with van der Waals surface area (Å²) in [5.41, 5.74) is 0.616. The summed E-state index contributed by atoms with van der Waals surface area (Å²) >= 11 is 2.96. The fraction of sp³-hybridized carbons (Fsp3) is 0.286. The number of thioether (sulfide) groups is 1. The zero-order valence-corrected chi connectivity index (χ0v) is 14.4. The van der Waals surface area contributed by atoms with Crippen molar-refractivity contribution < 1.29 is 8.42 Å². The van der Waals surface area contributed by atoms with E-state index in [-0.39, 0.29) is 0 Å². The molecule has 0 amide bonds. The van der Waals surface area contributed by atoms with E-state index in [1.165, 1.54) is 23.1 Å². The molecule has 0 aliphatic carbocycles. The van der Waals surface area contributed by atoms with Crippen LogP contribution in [0.1, 0.15) is 11.8 Å².